The monoisotopic (exact) mass is 312 g/mol. The van der Waals surface area contributed by atoms with E-state index < -0.39 is 0 Å². The molecule has 0 aliphatic heterocycles. The van der Waals surface area contributed by atoms with Crippen LogP contribution in [0.2, 0.25) is 0 Å². The Labute approximate surface area is 141 Å². The summed E-state index contributed by atoms with van der Waals surface area (Å²) in [4.78, 5) is 12.4. The Hall–Kier alpha value is -0.850. The number of rotatable bonds is 2. The van der Waals surface area contributed by atoms with Crippen LogP contribution in [0.15, 0.2) is 23.3 Å². The lowest BCUT2D eigenvalue weighted by Gasteiger charge is -2.57. The van der Waals surface area contributed by atoms with Gasteiger partial charge in [0, 0.05) is 6.42 Å². The SMILES string of the molecule is CCC(=O)C1=CC[C@H]2[C@@H]3CC=C4CCCC[C@]4(C)[C@H]3CC[C@]12C. The van der Waals surface area contributed by atoms with E-state index in [0.717, 1.165) is 18.3 Å². The number of hydrogen-bond acceptors (Lipinski definition) is 1. The molecule has 1 heteroatoms. The molecule has 23 heavy (non-hydrogen) atoms. The van der Waals surface area contributed by atoms with Gasteiger partial charge in [0.2, 0.25) is 0 Å². The normalized spacial score (nSPS) is 45.4. The summed E-state index contributed by atoms with van der Waals surface area (Å²) in [7, 11) is 0. The highest BCUT2D eigenvalue weighted by Gasteiger charge is 2.56. The maximum atomic E-state index is 12.4. The van der Waals surface area contributed by atoms with Crippen LogP contribution < -0.4 is 0 Å². The molecular weight excluding hydrogens is 280 g/mol. The van der Waals surface area contributed by atoms with Crippen LogP contribution in [-0.2, 0) is 4.79 Å². The van der Waals surface area contributed by atoms with Crippen LogP contribution in [0.4, 0.5) is 0 Å². The van der Waals surface area contributed by atoms with Crippen molar-refractivity contribution in [2.24, 2.45) is 28.6 Å². The Morgan fingerprint density at radius 3 is 2.70 bits per heavy atom. The molecule has 0 unspecified atom stereocenters. The predicted octanol–water partition coefficient (Wildman–Crippen LogP) is 5.85. The number of Topliss-reactive ketones (excluding diaryl/α,β-unsaturated/α-hetero) is 1. The standard InChI is InChI=1S/C22H32O/c1-4-20(23)19-11-10-17-16-9-8-15-7-5-6-13-21(15,2)18(16)12-14-22(17,19)3/h8,11,16-18H,4-7,9-10,12-14H2,1-3H3/t16-,17-,18-,21-,22-/m0/s1. The Balaban J connectivity index is 1.66. The first kappa shape index (κ1) is 15.7. The van der Waals surface area contributed by atoms with Crippen molar-refractivity contribution < 1.29 is 4.79 Å². The van der Waals surface area contributed by atoms with Crippen molar-refractivity contribution in [1.82, 2.24) is 0 Å². The van der Waals surface area contributed by atoms with Gasteiger partial charge >= 0.3 is 0 Å². The zero-order chi connectivity index (χ0) is 16.2. The van der Waals surface area contributed by atoms with Crippen LogP contribution in [0.5, 0.6) is 0 Å². The number of fused-ring (bicyclic) bond motifs is 5. The van der Waals surface area contributed by atoms with E-state index in [4.69, 9.17) is 0 Å². The second-order valence-corrected chi connectivity index (χ2v) is 9.05. The van der Waals surface area contributed by atoms with E-state index in [1.165, 1.54) is 50.5 Å². The van der Waals surface area contributed by atoms with Gasteiger partial charge in [0.05, 0.1) is 0 Å². The van der Waals surface area contributed by atoms with E-state index in [2.05, 4.69) is 26.0 Å². The second-order valence-electron chi connectivity index (χ2n) is 9.05. The van der Waals surface area contributed by atoms with E-state index in [0.29, 0.717) is 23.5 Å². The van der Waals surface area contributed by atoms with Crippen LogP contribution in [0.3, 0.4) is 0 Å². The Kier molecular flexibility index (Phi) is 3.63. The molecule has 4 rings (SSSR count). The minimum Gasteiger partial charge on any atom is -0.295 e. The van der Waals surface area contributed by atoms with Gasteiger partial charge < -0.3 is 0 Å². The van der Waals surface area contributed by atoms with Gasteiger partial charge in [-0.2, -0.15) is 0 Å². The summed E-state index contributed by atoms with van der Waals surface area (Å²) in [6, 6.07) is 0. The molecule has 2 saturated carbocycles. The van der Waals surface area contributed by atoms with Crippen molar-refractivity contribution in [3.63, 3.8) is 0 Å². The maximum Gasteiger partial charge on any atom is 0.158 e. The number of carbonyl (C=O) groups excluding carboxylic acids is 1. The minimum atomic E-state index is 0.171. The molecular formula is C22H32O. The highest BCUT2D eigenvalue weighted by molar-refractivity contribution is 5.97. The third kappa shape index (κ3) is 2.07. The summed E-state index contributed by atoms with van der Waals surface area (Å²) < 4.78 is 0. The summed E-state index contributed by atoms with van der Waals surface area (Å²) in [5.74, 6) is 2.79. The molecule has 0 amide bonds. The zero-order valence-electron chi connectivity index (χ0n) is 15.2. The highest BCUT2D eigenvalue weighted by Crippen LogP contribution is 2.65. The smallest absolute Gasteiger partial charge is 0.158 e. The summed E-state index contributed by atoms with van der Waals surface area (Å²) in [6.07, 6.45) is 16.2. The number of carbonyl (C=O) groups is 1. The van der Waals surface area contributed by atoms with Crippen molar-refractivity contribution in [2.45, 2.75) is 78.6 Å². The number of ketones is 1. The van der Waals surface area contributed by atoms with Gasteiger partial charge in [0.1, 0.15) is 0 Å². The molecule has 1 nitrogen and oxygen atoms in total. The van der Waals surface area contributed by atoms with Gasteiger partial charge in [0.25, 0.3) is 0 Å². The fourth-order valence-electron chi connectivity index (χ4n) is 6.89. The van der Waals surface area contributed by atoms with Crippen LogP contribution in [0.1, 0.15) is 78.6 Å². The van der Waals surface area contributed by atoms with Crippen molar-refractivity contribution in [2.75, 3.05) is 0 Å². The highest BCUT2D eigenvalue weighted by atomic mass is 16.1. The first-order valence-electron chi connectivity index (χ1n) is 9.94. The topological polar surface area (TPSA) is 17.1 Å². The first-order chi connectivity index (χ1) is 11.0. The van der Waals surface area contributed by atoms with E-state index >= 15 is 0 Å². The Bertz CT molecular complexity index is 583. The maximum absolute atomic E-state index is 12.4. The fraction of sp³-hybridized carbons (Fsp3) is 0.773. The third-order valence-corrected chi connectivity index (χ3v) is 8.22. The van der Waals surface area contributed by atoms with E-state index in [9.17, 15) is 4.79 Å². The summed E-state index contributed by atoms with van der Waals surface area (Å²) >= 11 is 0. The minimum absolute atomic E-state index is 0.171. The first-order valence-corrected chi connectivity index (χ1v) is 9.94. The van der Waals surface area contributed by atoms with Gasteiger partial charge in [0.15, 0.2) is 5.78 Å². The molecule has 0 aromatic carbocycles. The van der Waals surface area contributed by atoms with Crippen LogP contribution in [-0.4, -0.2) is 5.78 Å². The van der Waals surface area contributed by atoms with Crippen LogP contribution in [0, 0.1) is 28.6 Å². The summed E-state index contributed by atoms with van der Waals surface area (Å²) in [6.45, 7) is 6.99. The van der Waals surface area contributed by atoms with Gasteiger partial charge in [-0.1, -0.05) is 44.9 Å². The van der Waals surface area contributed by atoms with Crippen LogP contribution in [0.25, 0.3) is 0 Å². The van der Waals surface area contributed by atoms with Crippen LogP contribution >= 0.6 is 0 Å². The molecule has 4 aliphatic carbocycles. The Morgan fingerprint density at radius 2 is 1.91 bits per heavy atom. The Morgan fingerprint density at radius 1 is 1.09 bits per heavy atom. The summed E-state index contributed by atoms with van der Waals surface area (Å²) in [5, 5.41) is 0. The lowest BCUT2D eigenvalue weighted by atomic mass is 9.47. The van der Waals surface area contributed by atoms with Gasteiger partial charge in [-0.05, 0) is 79.1 Å². The molecule has 4 aliphatic rings. The second kappa shape index (κ2) is 5.33. The third-order valence-electron chi connectivity index (χ3n) is 8.22. The molecule has 126 valence electrons. The molecule has 0 aromatic rings. The zero-order valence-corrected chi connectivity index (χ0v) is 15.2. The van der Waals surface area contributed by atoms with Crippen molar-refractivity contribution in [3.8, 4) is 0 Å². The van der Waals surface area contributed by atoms with E-state index in [1.807, 2.05) is 6.92 Å². The van der Waals surface area contributed by atoms with E-state index in [-0.39, 0.29) is 5.41 Å². The van der Waals surface area contributed by atoms with Gasteiger partial charge in [-0.15, -0.1) is 0 Å². The van der Waals surface area contributed by atoms with Crippen molar-refractivity contribution >= 4 is 5.78 Å². The molecule has 0 heterocycles. The summed E-state index contributed by atoms with van der Waals surface area (Å²) in [5.41, 5.74) is 3.61. The lowest BCUT2D eigenvalue weighted by Crippen LogP contribution is -2.49. The average Bonchev–Trinajstić information content (AvgIpc) is 2.91. The number of hydrogen-bond donors (Lipinski definition) is 0. The number of allylic oxidation sites excluding steroid dienone is 4. The molecule has 0 radical (unpaired) electrons. The molecule has 0 spiro atoms. The molecule has 0 N–H and O–H groups in total. The molecule has 0 saturated heterocycles. The molecule has 0 aromatic heterocycles. The van der Waals surface area contributed by atoms with Crippen molar-refractivity contribution in [3.05, 3.63) is 23.3 Å². The fourth-order valence-corrected chi connectivity index (χ4v) is 6.89. The average molecular weight is 312 g/mol. The molecule has 5 atom stereocenters. The predicted molar refractivity (Wildman–Crippen MR) is 95.1 cm³/mol. The molecule has 2 fully saturated rings. The van der Waals surface area contributed by atoms with Crippen molar-refractivity contribution in [1.29, 1.82) is 0 Å². The largest absolute Gasteiger partial charge is 0.295 e. The quantitative estimate of drug-likeness (QED) is 0.584. The molecule has 0 bridgehead atoms. The van der Waals surface area contributed by atoms with Gasteiger partial charge in [-0.25, -0.2) is 0 Å². The van der Waals surface area contributed by atoms with E-state index in [1.54, 1.807) is 5.57 Å². The van der Waals surface area contributed by atoms with Gasteiger partial charge in [-0.3, -0.25) is 4.79 Å². The lowest BCUT2D eigenvalue weighted by molar-refractivity contribution is -0.117.